The number of carbonyl (C=O) groups is 2. The van der Waals surface area contributed by atoms with Crippen molar-refractivity contribution in [3.8, 4) is 0 Å². The molecule has 0 aliphatic carbocycles. The van der Waals surface area contributed by atoms with Crippen LogP contribution in [0.4, 0.5) is 0 Å². The summed E-state index contributed by atoms with van der Waals surface area (Å²) in [5.74, 6) is -0.540. The van der Waals surface area contributed by atoms with Crippen LogP contribution in [0.2, 0.25) is 0 Å². The predicted molar refractivity (Wildman–Crippen MR) is 238 cm³/mol. The lowest BCUT2D eigenvalue weighted by Crippen LogP contribution is -2.27. The lowest BCUT2D eigenvalue weighted by Gasteiger charge is -2.15. The molecule has 0 fully saturated rings. The average molecular weight is 826 g/mol. The summed E-state index contributed by atoms with van der Waals surface area (Å²) >= 11 is 0. The molecule has 0 saturated heterocycles. The molecule has 0 aliphatic heterocycles. The minimum absolute atomic E-state index is 0.0805. The Hall–Kier alpha value is -1.77. The molecule has 0 radical (unpaired) electrons. The van der Waals surface area contributed by atoms with Crippen molar-refractivity contribution >= 4 is 19.7 Å². The zero-order chi connectivity index (χ0) is 41.8. The van der Waals surface area contributed by atoms with Crippen molar-refractivity contribution < 1.29 is 37.9 Å². The Morgan fingerprint density at radius 1 is 0.561 bits per heavy atom. The van der Waals surface area contributed by atoms with E-state index in [1.807, 2.05) is 0 Å². The van der Waals surface area contributed by atoms with Crippen LogP contribution in [0, 0.1) is 0 Å². The fraction of sp³-hybridized carbons (Fsp3) is 0.830. The molecule has 1 amide bonds. The van der Waals surface area contributed by atoms with Crippen LogP contribution >= 0.6 is 7.82 Å². The highest BCUT2D eigenvalue weighted by Gasteiger charge is 2.23. The predicted octanol–water partition coefficient (Wildman–Crippen LogP) is 13.3. The summed E-state index contributed by atoms with van der Waals surface area (Å²) in [6, 6.07) is 0. The van der Waals surface area contributed by atoms with Gasteiger partial charge in [-0.05, 0) is 44.9 Å². The zero-order valence-corrected chi connectivity index (χ0v) is 37.7. The molecule has 0 spiro atoms. The Labute approximate surface area is 350 Å². The van der Waals surface area contributed by atoms with Gasteiger partial charge in [-0.2, -0.15) is 0 Å². The third kappa shape index (κ3) is 45.2. The third-order valence-electron chi connectivity index (χ3n) is 10.1. The highest BCUT2D eigenvalue weighted by Crippen LogP contribution is 2.42. The van der Waals surface area contributed by atoms with Gasteiger partial charge in [0.25, 0.3) is 0 Å². The van der Waals surface area contributed by atoms with Crippen molar-refractivity contribution in [1.29, 1.82) is 0 Å². The van der Waals surface area contributed by atoms with Crippen molar-refractivity contribution in [2.24, 2.45) is 0 Å². The number of rotatable bonds is 44. The number of hydrogen-bond acceptors (Lipinski definition) is 7. The van der Waals surface area contributed by atoms with Crippen LogP contribution in [0.25, 0.3) is 0 Å². The van der Waals surface area contributed by atoms with Crippen LogP contribution in [0.3, 0.4) is 0 Å². The first-order valence-corrected chi connectivity index (χ1v) is 25.0. The second-order valence-electron chi connectivity index (χ2n) is 15.7. The molecule has 0 heterocycles. The molecule has 0 aliphatic rings. The molecule has 334 valence electrons. The minimum atomic E-state index is -4.42. The van der Waals surface area contributed by atoms with E-state index in [0.29, 0.717) is 12.8 Å². The normalized spacial score (nSPS) is 13.5. The van der Waals surface area contributed by atoms with Gasteiger partial charge in [-0.15, -0.1) is 0 Å². The fourth-order valence-corrected chi connectivity index (χ4v) is 7.33. The summed E-state index contributed by atoms with van der Waals surface area (Å²) < 4.78 is 26.9. The van der Waals surface area contributed by atoms with Crippen molar-refractivity contribution in [3.63, 3.8) is 0 Å². The quantitative estimate of drug-likeness (QED) is 0.0239. The summed E-state index contributed by atoms with van der Waals surface area (Å²) in [5, 5.41) is 12.7. The number of allylic oxidation sites excluding steroid dienone is 6. The molecule has 0 aromatic carbocycles. The van der Waals surface area contributed by atoms with Crippen LogP contribution in [0.5, 0.6) is 0 Å². The van der Waals surface area contributed by atoms with Crippen LogP contribution in [-0.2, 0) is 27.9 Å². The minimum Gasteiger partial charge on any atom is -0.463 e. The molecule has 0 bridgehead atoms. The van der Waals surface area contributed by atoms with E-state index < -0.39 is 26.5 Å². The van der Waals surface area contributed by atoms with Crippen molar-refractivity contribution in [2.45, 2.75) is 225 Å². The van der Waals surface area contributed by atoms with E-state index in [1.165, 1.54) is 128 Å². The van der Waals surface area contributed by atoms with Gasteiger partial charge < -0.3 is 20.1 Å². The number of ether oxygens (including phenoxy) is 1. The van der Waals surface area contributed by atoms with E-state index in [9.17, 15) is 24.2 Å². The van der Waals surface area contributed by atoms with Crippen molar-refractivity contribution in [1.82, 2.24) is 5.32 Å². The lowest BCUT2D eigenvalue weighted by atomic mass is 10.0. The molecule has 10 heteroatoms. The molecular formula is C47H88NO8P. The number of phosphoric ester groups is 1. The second-order valence-corrected chi connectivity index (χ2v) is 17.2. The van der Waals surface area contributed by atoms with Gasteiger partial charge in [0.05, 0.1) is 13.2 Å². The monoisotopic (exact) mass is 826 g/mol. The fourth-order valence-electron chi connectivity index (χ4n) is 6.57. The summed E-state index contributed by atoms with van der Waals surface area (Å²) in [5.41, 5.74) is 0. The number of aliphatic hydroxyl groups excluding tert-OH is 1. The number of hydrogen-bond donors (Lipinski definition) is 3. The largest absolute Gasteiger partial charge is 0.472 e. The van der Waals surface area contributed by atoms with Gasteiger partial charge in [0, 0.05) is 19.4 Å². The molecular weight excluding hydrogens is 737 g/mol. The van der Waals surface area contributed by atoms with Crippen LogP contribution in [-0.4, -0.2) is 54.3 Å². The molecule has 0 saturated carbocycles. The highest BCUT2D eigenvalue weighted by molar-refractivity contribution is 7.47. The Bertz CT molecular complexity index is 1030. The molecule has 9 nitrogen and oxygen atoms in total. The van der Waals surface area contributed by atoms with Crippen molar-refractivity contribution in [2.75, 3.05) is 26.4 Å². The molecule has 57 heavy (non-hydrogen) atoms. The maximum Gasteiger partial charge on any atom is 0.472 e. The number of phosphoric acid groups is 1. The zero-order valence-electron chi connectivity index (χ0n) is 36.8. The van der Waals surface area contributed by atoms with Crippen LogP contribution in [0.15, 0.2) is 36.5 Å². The number of carbonyl (C=O) groups excluding carboxylic acids is 2. The average Bonchev–Trinajstić information content (AvgIpc) is 3.20. The molecule has 2 unspecified atom stereocenters. The summed E-state index contributed by atoms with van der Waals surface area (Å²) in [6.45, 7) is 3.43. The Kier molecular flexibility index (Phi) is 42.4. The molecule has 2 atom stereocenters. The van der Waals surface area contributed by atoms with Gasteiger partial charge in [-0.1, -0.05) is 198 Å². The summed E-state index contributed by atoms with van der Waals surface area (Å²) in [4.78, 5) is 33.9. The standard InChI is InChI=1S/C47H88NO8P/c1-3-5-7-9-11-13-15-17-18-19-20-21-22-23-24-25-26-28-29-31-33-35-37-39-46(50)48-41-42-55-57(52,53)56-44-45(49)43-54-47(51)40-38-36-34-32-30-27-16-14-12-10-8-6-4-2/h6,8,12,14,27,30,45,49H,3-5,7,9-11,13,15-26,28-29,31-44H2,1-2H3,(H,48,50)(H,52,53)/b8-6-,14-12-,30-27-. The lowest BCUT2D eigenvalue weighted by molar-refractivity contribution is -0.147. The summed E-state index contributed by atoms with van der Waals surface area (Å²) in [7, 11) is -4.42. The molecule has 0 aromatic heterocycles. The van der Waals surface area contributed by atoms with Gasteiger partial charge in [-0.25, -0.2) is 4.57 Å². The Morgan fingerprint density at radius 3 is 1.51 bits per heavy atom. The van der Waals surface area contributed by atoms with E-state index in [2.05, 4.69) is 55.6 Å². The smallest absolute Gasteiger partial charge is 0.463 e. The van der Waals surface area contributed by atoms with Gasteiger partial charge in [-0.3, -0.25) is 18.6 Å². The van der Waals surface area contributed by atoms with Gasteiger partial charge in [0.1, 0.15) is 12.7 Å². The Morgan fingerprint density at radius 2 is 1.00 bits per heavy atom. The van der Waals surface area contributed by atoms with E-state index in [-0.39, 0.29) is 32.1 Å². The number of aliphatic hydroxyl groups is 1. The van der Waals surface area contributed by atoms with E-state index in [4.69, 9.17) is 13.8 Å². The first kappa shape index (κ1) is 55.2. The molecule has 3 N–H and O–H groups in total. The maximum absolute atomic E-state index is 12.1. The number of nitrogens with one attached hydrogen (secondary N) is 1. The van der Waals surface area contributed by atoms with Crippen LogP contribution in [0.1, 0.15) is 219 Å². The second kappa shape index (κ2) is 43.8. The topological polar surface area (TPSA) is 131 Å². The van der Waals surface area contributed by atoms with Gasteiger partial charge >= 0.3 is 13.8 Å². The number of amides is 1. The van der Waals surface area contributed by atoms with E-state index >= 15 is 0 Å². The molecule has 0 rings (SSSR count). The first-order chi connectivity index (χ1) is 27.8. The summed E-state index contributed by atoms with van der Waals surface area (Å²) in [6.07, 6.45) is 49.5. The SMILES string of the molecule is CC/C=C\C/C=C\C/C=C\CCCCCC(=O)OCC(O)COP(=O)(O)OCCNC(=O)CCCCCCCCCCCCCCCCCCCCCCCCC. The highest BCUT2D eigenvalue weighted by atomic mass is 31.2. The van der Waals surface area contributed by atoms with Gasteiger partial charge in [0.15, 0.2) is 0 Å². The number of unbranched alkanes of at least 4 members (excludes halogenated alkanes) is 25. The maximum atomic E-state index is 12.1. The van der Waals surface area contributed by atoms with Crippen molar-refractivity contribution in [3.05, 3.63) is 36.5 Å². The first-order valence-electron chi connectivity index (χ1n) is 23.5. The van der Waals surface area contributed by atoms with Gasteiger partial charge in [0.2, 0.25) is 5.91 Å². The van der Waals surface area contributed by atoms with E-state index in [1.54, 1.807) is 0 Å². The third-order valence-corrected chi connectivity index (χ3v) is 11.1. The van der Waals surface area contributed by atoms with E-state index in [0.717, 1.165) is 57.8 Å². The van der Waals surface area contributed by atoms with Crippen LogP contribution < -0.4 is 5.32 Å². The number of esters is 1. The Balaban J connectivity index is 3.54. The molecule has 0 aromatic rings.